The molecule has 1 aliphatic rings. The molecule has 136 valence electrons. The van der Waals surface area contributed by atoms with E-state index in [-0.39, 0.29) is 18.4 Å². The second-order valence-corrected chi connectivity index (χ2v) is 5.89. The lowest BCUT2D eigenvalue weighted by Gasteiger charge is -2.21. The number of likely N-dealkylation sites (N-methyl/N-ethyl adjacent to an activating group) is 1. The van der Waals surface area contributed by atoms with Gasteiger partial charge in [-0.3, -0.25) is 9.59 Å². The number of amides is 2. The third kappa shape index (κ3) is 4.11. The zero-order chi connectivity index (χ0) is 18.5. The highest BCUT2D eigenvalue weighted by Gasteiger charge is 2.19. The Morgan fingerprint density at radius 1 is 1.15 bits per heavy atom. The average molecular weight is 355 g/mol. The smallest absolute Gasteiger partial charge is 0.272 e. The highest BCUT2D eigenvalue weighted by Crippen LogP contribution is 2.32. The molecule has 0 saturated heterocycles. The normalized spacial score (nSPS) is 12.4. The SMILES string of the molecule is CCN(CC(=O)Nc1ccc2c(c1)OCCO2)C(=O)c1cccc(C)n1. The summed E-state index contributed by atoms with van der Waals surface area (Å²) in [6.07, 6.45) is 0. The van der Waals surface area contributed by atoms with Crippen molar-refractivity contribution in [2.24, 2.45) is 0 Å². The Bertz CT molecular complexity index is 822. The maximum Gasteiger partial charge on any atom is 0.272 e. The quantitative estimate of drug-likeness (QED) is 0.890. The third-order valence-corrected chi connectivity index (χ3v) is 3.94. The van der Waals surface area contributed by atoms with Gasteiger partial charge in [-0.15, -0.1) is 0 Å². The number of anilines is 1. The second-order valence-electron chi connectivity index (χ2n) is 5.89. The fourth-order valence-electron chi connectivity index (χ4n) is 2.65. The molecule has 26 heavy (non-hydrogen) atoms. The maximum atomic E-state index is 12.6. The summed E-state index contributed by atoms with van der Waals surface area (Å²) in [6.45, 7) is 4.99. The molecule has 0 bridgehead atoms. The number of rotatable bonds is 5. The van der Waals surface area contributed by atoms with E-state index in [0.29, 0.717) is 42.6 Å². The number of aromatic nitrogens is 1. The summed E-state index contributed by atoms with van der Waals surface area (Å²) in [6, 6.07) is 10.5. The molecule has 1 N–H and O–H groups in total. The maximum absolute atomic E-state index is 12.6. The van der Waals surface area contributed by atoms with Crippen molar-refractivity contribution >= 4 is 17.5 Å². The highest BCUT2D eigenvalue weighted by molar-refractivity contribution is 5.98. The average Bonchev–Trinajstić information content (AvgIpc) is 2.65. The summed E-state index contributed by atoms with van der Waals surface area (Å²) in [5.74, 6) is 0.699. The number of benzene rings is 1. The summed E-state index contributed by atoms with van der Waals surface area (Å²) >= 11 is 0. The van der Waals surface area contributed by atoms with Gasteiger partial charge in [-0.1, -0.05) is 6.07 Å². The van der Waals surface area contributed by atoms with Crippen molar-refractivity contribution in [3.8, 4) is 11.5 Å². The van der Waals surface area contributed by atoms with Gasteiger partial charge >= 0.3 is 0 Å². The number of ether oxygens (including phenoxy) is 2. The second kappa shape index (κ2) is 7.86. The zero-order valence-corrected chi connectivity index (χ0v) is 14.8. The summed E-state index contributed by atoms with van der Waals surface area (Å²) < 4.78 is 11.0. The summed E-state index contributed by atoms with van der Waals surface area (Å²) in [7, 11) is 0. The fourth-order valence-corrected chi connectivity index (χ4v) is 2.65. The number of aryl methyl sites for hydroxylation is 1. The molecular weight excluding hydrogens is 334 g/mol. The largest absolute Gasteiger partial charge is 0.486 e. The van der Waals surface area contributed by atoms with E-state index in [1.807, 2.05) is 19.9 Å². The van der Waals surface area contributed by atoms with E-state index in [9.17, 15) is 9.59 Å². The van der Waals surface area contributed by atoms with Gasteiger partial charge in [0.25, 0.3) is 5.91 Å². The van der Waals surface area contributed by atoms with Gasteiger partial charge in [-0.05, 0) is 38.1 Å². The number of fused-ring (bicyclic) bond motifs is 1. The van der Waals surface area contributed by atoms with Crippen molar-refractivity contribution in [3.63, 3.8) is 0 Å². The lowest BCUT2D eigenvalue weighted by molar-refractivity contribution is -0.116. The fraction of sp³-hybridized carbons (Fsp3) is 0.316. The van der Waals surface area contributed by atoms with Crippen LogP contribution < -0.4 is 14.8 Å². The van der Waals surface area contributed by atoms with E-state index < -0.39 is 0 Å². The predicted molar refractivity (Wildman–Crippen MR) is 96.6 cm³/mol. The van der Waals surface area contributed by atoms with E-state index in [4.69, 9.17) is 9.47 Å². The first-order valence-corrected chi connectivity index (χ1v) is 8.49. The van der Waals surface area contributed by atoms with Crippen LogP contribution in [0.4, 0.5) is 5.69 Å². The van der Waals surface area contributed by atoms with Crippen LogP contribution in [0.2, 0.25) is 0 Å². The summed E-state index contributed by atoms with van der Waals surface area (Å²) in [5.41, 5.74) is 1.68. The lowest BCUT2D eigenvalue weighted by atomic mass is 10.2. The van der Waals surface area contributed by atoms with Crippen LogP contribution in [-0.4, -0.2) is 48.0 Å². The van der Waals surface area contributed by atoms with Gasteiger partial charge < -0.3 is 19.7 Å². The van der Waals surface area contributed by atoms with Gasteiger partial charge in [-0.2, -0.15) is 0 Å². The van der Waals surface area contributed by atoms with Gasteiger partial charge in [0, 0.05) is 24.0 Å². The van der Waals surface area contributed by atoms with E-state index in [2.05, 4.69) is 10.3 Å². The molecule has 7 nitrogen and oxygen atoms in total. The highest BCUT2D eigenvalue weighted by atomic mass is 16.6. The summed E-state index contributed by atoms with van der Waals surface area (Å²) in [5, 5.41) is 2.79. The molecule has 1 aliphatic heterocycles. The minimum Gasteiger partial charge on any atom is -0.486 e. The van der Waals surface area contributed by atoms with E-state index in [0.717, 1.165) is 5.69 Å². The van der Waals surface area contributed by atoms with Crippen molar-refractivity contribution in [2.75, 3.05) is 31.6 Å². The molecule has 0 unspecified atom stereocenters. The van der Waals surface area contributed by atoms with Crippen molar-refractivity contribution in [3.05, 3.63) is 47.8 Å². The molecule has 0 atom stereocenters. The van der Waals surface area contributed by atoms with Gasteiger partial charge in [0.1, 0.15) is 25.5 Å². The predicted octanol–water partition coefficient (Wildman–Crippen LogP) is 2.26. The number of carbonyl (C=O) groups is 2. The molecule has 0 radical (unpaired) electrons. The topological polar surface area (TPSA) is 80.8 Å². The monoisotopic (exact) mass is 355 g/mol. The molecule has 2 heterocycles. The van der Waals surface area contributed by atoms with Crippen LogP contribution in [-0.2, 0) is 4.79 Å². The van der Waals surface area contributed by atoms with Crippen molar-refractivity contribution in [1.82, 2.24) is 9.88 Å². The zero-order valence-electron chi connectivity index (χ0n) is 14.8. The van der Waals surface area contributed by atoms with Crippen molar-refractivity contribution < 1.29 is 19.1 Å². The van der Waals surface area contributed by atoms with Crippen LogP contribution in [0.15, 0.2) is 36.4 Å². The number of hydrogen-bond donors (Lipinski definition) is 1. The Labute approximate surface area is 151 Å². The minimum atomic E-state index is -0.287. The molecule has 7 heteroatoms. The standard InChI is InChI=1S/C19H21N3O4/c1-3-22(19(24)15-6-4-5-13(2)20-15)12-18(23)21-14-7-8-16-17(11-14)26-10-9-25-16/h4-8,11H,3,9-10,12H2,1-2H3,(H,21,23). The van der Waals surface area contributed by atoms with Crippen LogP contribution >= 0.6 is 0 Å². The van der Waals surface area contributed by atoms with Gasteiger partial charge in [0.15, 0.2) is 11.5 Å². The molecule has 2 aromatic rings. The molecule has 0 aliphatic carbocycles. The molecule has 2 amide bonds. The molecule has 0 fully saturated rings. The lowest BCUT2D eigenvalue weighted by Crippen LogP contribution is -2.38. The Kier molecular flexibility index (Phi) is 5.36. The first kappa shape index (κ1) is 17.7. The van der Waals surface area contributed by atoms with Crippen LogP contribution in [0, 0.1) is 6.92 Å². The minimum absolute atomic E-state index is 0.0562. The Morgan fingerprint density at radius 2 is 1.92 bits per heavy atom. The Balaban J connectivity index is 1.65. The van der Waals surface area contributed by atoms with Crippen LogP contribution in [0.1, 0.15) is 23.1 Å². The van der Waals surface area contributed by atoms with Crippen molar-refractivity contribution in [1.29, 1.82) is 0 Å². The number of carbonyl (C=O) groups excluding carboxylic acids is 2. The molecule has 0 spiro atoms. The molecule has 0 saturated carbocycles. The van der Waals surface area contributed by atoms with Gasteiger partial charge in [-0.25, -0.2) is 4.98 Å². The van der Waals surface area contributed by atoms with Gasteiger partial charge in [0.05, 0.1) is 0 Å². The number of pyridine rings is 1. The molecule has 3 rings (SSSR count). The third-order valence-electron chi connectivity index (χ3n) is 3.94. The van der Waals surface area contributed by atoms with Gasteiger partial charge in [0.2, 0.25) is 5.91 Å². The number of nitrogens with zero attached hydrogens (tertiary/aromatic N) is 2. The molecular formula is C19H21N3O4. The Hall–Kier alpha value is -3.09. The van der Waals surface area contributed by atoms with Crippen LogP contribution in [0.5, 0.6) is 11.5 Å². The summed E-state index contributed by atoms with van der Waals surface area (Å²) in [4.78, 5) is 30.6. The van der Waals surface area contributed by atoms with E-state index >= 15 is 0 Å². The van der Waals surface area contributed by atoms with Crippen molar-refractivity contribution in [2.45, 2.75) is 13.8 Å². The van der Waals surface area contributed by atoms with Crippen LogP contribution in [0.25, 0.3) is 0 Å². The molecule has 1 aromatic heterocycles. The first-order chi connectivity index (χ1) is 12.6. The number of hydrogen-bond acceptors (Lipinski definition) is 5. The van der Waals surface area contributed by atoms with Crippen LogP contribution in [0.3, 0.4) is 0 Å². The molecule has 1 aromatic carbocycles. The number of nitrogens with one attached hydrogen (secondary N) is 1. The first-order valence-electron chi connectivity index (χ1n) is 8.49. The van der Waals surface area contributed by atoms with E-state index in [1.54, 1.807) is 30.3 Å². The van der Waals surface area contributed by atoms with E-state index in [1.165, 1.54) is 4.90 Å². The Morgan fingerprint density at radius 3 is 2.65 bits per heavy atom.